The Hall–Kier alpha value is -0.390. The van der Waals surface area contributed by atoms with Gasteiger partial charge in [0.05, 0.1) is 0 Å². The molecule has 0 radical (unpaired) electrons. The van der Waals surface area contributed by atoms with E-state index in [9.17, 15) is 4.79 Å². The predicted octanol–water partition coefficient (Wildman–Crippen LogP) is 2.25. The lowest BCUT2D eigenvalue weighted by molar-refractivity contribution is -0.137. The van der Waals surface area contributed by atoms with E-state index in [2.05, 4.69) is 27.4 Å². The molecule has 1 heterocycles. The third kappa shape index (κ3) is 3.30. The van der Waals surface area contributed by atoms with Crippen LogP contribution in [0.5, 0.6) is 0 Å². The lowest BCUT2D eigenvalue weighted by Crippen LogP contribution is -2.46. The Morgan fingerprint density at radius 2 is 2.35 bits per heavy atom. The summed E-state index contributed by atoms with van der Waals surface area (Å²) in [5.74, 6) is 0.424. The number of rotatable bonds is 4. The van der Waals surface area contributed by atoms with E-state index in [4.69, 9.17) is 5.73 Å². The first kappa shape index (κ1) is 13.1. The van der Waals surface area contributed by atoms with Gasteiger partial charge in [-0.3, -0.25) is 4.79 Å². The monoisotopic (exact) mass is 316 g/mol. The number of hydrogen-bond acceptors (Lipinski definition) is 3. The molecule has 1 amide bonds. The van der Waals surface area contributed by atoms with Crippen molar-refractivity contribution in [3.8, 4) is 0 Å². The standard InChI is InChI=1S/C12H17BrN2OS/c1-15(12(16)8-4-10(14)5-8)3-2-11-6-9(13)7-17-11/h6-8,10H,2-5,14H2,1H3. The summed E-state index contributed by atoms with van der Waals surface area (Å²) in [5, 5.41) is 2.07. The fourth-order valence-corrected chi connectivity index (χ4v) is 3.49. The van der Waals surface area contributed by atoms with Crippen molar-refractivity contribution in [2.24, 2.45) is 11.7 Å². The van der Waals surface area contributed by atoms with Crippen LogP contribution in [0.1, 0.15) is 17.7 Å². The van der Waals surface area contributed by atoms with Gasteiger partial charge in [0.2, 0.25) is 5.91 Å². The summed E-state index contributed by atoms with van der Waals surface area (Å²) in [6, 6.07) is 2.35. The van der Waals surface area contributed by atoms with Gasteiger partial charge < -0.3 is 10.6 Å². The van der Waals surface area contributed by atoms with Crippen LogP contribution in [0.2, 0.25) is 0 Å². The number of likely N-dealkylation sites (N-methyl/N-ethyl adjacent to an activating group) is 1. The quantitative estimate of drug-likeness (QED) is 0.926. The molecule has 1 aromatic rings. The Kier molecular flexibility index (Phi) is 4.22. The molecule has 1 fully saturated rings. The molecule has 3 nitrogen and oxygen atoms in total. The number of nitrogens with two attached hydrogens (primary N) is 1. The minimum atomic E-state index is 0.171. The third-order valence-corrected chi connectivity index (χ3v) is 4.97. The number of carbonyl (C=O) groups excluding carboxylic acids is 1. The van der Waals surface area contributed by atoms with E-state index in [1.54, 1.807) is 11.3 Å². The molecule has 94 valence electrons. The van der Waals surface area contributed by atoms with E-state index in [0.717, 1.165) is 30.3 Å². The van der Waals surface area contributed by atoms with Crippen molar-refractivity contribution < 1.29 is 4.79 Å². The number of nitrogens with zero attached hydrogens (tertiary/aromatic N) is 1. The molecule has 0 unspecified atom stereocenters. The van der Waals surface area contributed by atoms with Crippen molar-refractivity contribution >= 4 is 33.2 Å². The maximum Gasteiger partial charge on any atom is 0.225 e. The van der Waals surface area contributed by atoms with E-state index >= 15 is 0 Å². The summed E-state index contributed by atoms with van der Waals surface area (Å²) in [5.41, 5.74) is 5.70. The highest BCUT2D eigenvalue weighted by Gasteiger charge is 2.33. The van der Waals surface area contributed by atoms with Gasteiger partial charge in [-0.25, -0.2) is 0 Å². The van der Waals surface area contributed by atoms with Crippen molar-refractivity contribution in [3.63, 3.8) is 0 Å². The number of amides is 1. The normalized spacial score (nSPS) is 23.2. The van der Waals surface area contributed by atoms with E-state index in [0.29, 0.717) is 0 Å². The molecule has 0 saturated heterocycles. The van der Waals surface area contributed by atoms with Gasteiger partial charge in [0.15, 0.2) is 0 Å². The first-order valence-corrected chi connectivity index (χ1v) is 7.47. The summed E-state index contributed by atoms with van der Waals surface area (Å²) in [4.78, 5) is 15.1. The Balaban J connectivity index is 1.77. The van der Waals surface area contributed by atoms with E-state index in [-0.39, 0.29) is 17.9 Å². The van der Waals surface area contributed by atoms with Crippen LogP contribution in [0, 0.1) is 5.92 Å². The Morgan fingerprint density at radius 1 is 1.65 bits per heavy atom. The van der Waals surface area contributed by atoms with Gasteiger partial charge in [-0.15, -0.1) is 11.3 Å². The number of carbonyl (C=O) groups is 1. The first-order valence-electron chi connectivity index (χ1n) is 5.79. The SMILES string of the molecule is CN(CCc1cc(Br)cs1)C(=O)C1CC(N)C1. The highest BCUT2D eigenvalue weighted by atomic mass is 79.9. The molecule has 5 heteroatoms. The minimum absolute atomic E-state index is 0.171. The van der Waals surface area contributed by atoms with Crippen LogP contribution in [0.15, 0.2) is 15.9 Å². The van der Waals surface area contributed by atoms with Gasteiger partial charge in [-0.2, -0.15) is 0 Å². The molecule has 1 saturated carbocycles. The molecular formula is C12H17BrN2OS. The Labute approximate surface area is 114 Å². The summed E-state index contributed by atoms with van der Waals surface area (Å²) >= 11 is 5.16. The molecular weight excluding hydrogens is 300 g/mol. The van der Waals surface area contributed by atoms with Gasteiger partial charge in [-0.1, -0.05) is 0 Å². The van der Waals surface area contributed by atoms with E-state index in [1.807, 2.05) is 11.9 Å². The maximum absolute atomic E-state index is 12.0. The van der Waals surface area contributed by atoms with Gasteiger partial charge in [-0.05, 0) is 41.3 Å². The zero-order chi connectivity index (χ0) is 12.4. The number of thiophene rings is 1. The van der Waals surface area contributed by atoms with Gasteiger partial charge in [0.25, 0.3) is 0 Å². The molecule has 17 heavy (non-hydrogen) atoms. The molecule has 0 aromatic carbocycles. The predicted molar refractivity (Wildman–Crippen MR) is 74.1 cm³/mol. The summed E-state index contributed by atoms with van der Waals surface area (Å²) < 4.78 is 1.12. The second kappa shape index (κ2) is 5.50. The molecule has 0 bridgehead atoms. The smallest absolute Gasteiger partial charge is 0.225 e. The van der Waals surface area contributed by atoms with E-state index < -0.39 is 0 Å². The fraction of sp³-hybridized carbons (Fsp3) is 0.583. The first-order chi connectivity index (χ1) is 8.06. The largest absolute Gasteiger partial charge is 0.345 e. The third-order valence-electron chi connectivity index (χ3n) is 3.22. The number of halogens is 1. The van der Waals surface area contributed by atoms with Crippen molar-refractivity contribution in [1.82, 2.24) is 4.90 Å². The maximum atomic E-state index is 12.0. The topological polar surface area (TPSA) is 46.3 Å². The minimum Gasteiger partial charge on any atom is -0.345 e. The van der Waals surface area contributed by atoms with Crippen LogP contribution >= 0.6 is 27.3 Å². The summed E-state index contributed by atoms with van der Waals surface area (Å²) in [6.45, 7) is 0.789. The molecule has 1 aromatic heterocycles. The fourth-order valence-electron chi connectivity index (χ4n) is 2.05. The second-order valence-electron chi connectivity index (χ2n) is 4.67. The van der Waals surface area contributed by atoms with Gasteiger partial charge in [0.1, 0.15) is 0 Å². The molecule has 2 rings (SSSR count). The lowest BCUT2D eigenvalue weighted by Gasteiger charge is -2.34. The van der Waals surface area contributed by atoms with Crippen LogP contribution in [-0.2, 0) is 11.2 Å². The van der Waals surface area contributed by atoms with Crippen LogP contribution in [0.25, 0.3) is 0 Å². The van der Waals surface area contributed by atoms with E-state index in [1.165, 1.54) is 4.88 Å². The van der Waals surface area contributed by atoms with Crippen molar-refractivity contribution in [2.75, 3.05) is 13.6 Å². The highest BCUT2D eigenvalue weighted by Crippen LogP contribution is 2.27. The number of hydrogen-bond donors (Lipinski definition) is 1. The zero-order valence-electron chi connectivity index (χ0n) is 9.86. The van der Waals surface area contributed by atoms with Crippen LogP contribution in [0.4, 0.5) is 0 Å². The molecule has 1 aliphatic rings. The Bertz CT molecular complexity index is 401. The summed E-state index contributed by atoms with van der Waals surface area (Å²) in [7, 11) is 1.88. The van der Waals surface area contributed by atoms with Gasteiger partial charge >= 0.3 is 0 Å². The molecule has 2 N–H and O–H groups in total. The zero-order valence-corrected chi connectivity index (χ0v) is 12.3. The molecule has 0 atom stereocenters. The van der Waals surface area contributed by atoms with Crippen molar-refractivity contribution in [3.05, 3.63) is 20.8 Å². The lowest BCUT2D eigenvalue weighted by atomic mass is 9.80. The molecule has 0 aliphatic heterocycles. The molecule has 1 aliphatic carbocycles. The van der Waals surface area contributed by atoms with Crippen molar-refractivity contribution in [1.29, 1.82) is 0 Å². The van der Waals surface area contributed by atoms with Crippen LogP contribution in [-0.4, -0.2) is 30.4 Å². The van der Waals surface area contributed by atoms with Crippen LogP contribution in [0.3, 0.4) is 0 Å². The average Bonchev–Trinajstić information content (AvgIpc) is 2.66. The summed E-state index contributed by atoms with van der Waals surface area (Å²) in [6.07, 6.45) is 2.64. The van der Waals surface area contributed by atoms with Gasteiger partial charge in [0, 0.05) is 40.3 Å². The molecule has 0 spiro atoms. The highest BCUT2D eigenvalue weighted by molar-refractivity contribution is 9.10. The second-order valence-corrected chi connectivity index (χ2v) is 6.58. The average molecular weight is 317 g/mol. The van der Waals surface area contributed by atoms with Crippen molar-refractivity contribution in [2.45, 2.75) is 25.3 Å². The Morgan fingerprint density at radius 3 is 2.88 bits per heavy atom. The van der Waals surface area contributed by atoms with Crippen LogP contribution < -0.4 is 5.73 Å².